The lowest BCUT2D eigenvalue weighted by molar-refractivity contribution is 0.350. The minimum absolute atomic E-state index is 1.00. The van der Waals surface area contributed by atoms with E-state index in [9.17, 15) is 0 Å². The summed E-state index contributed by atoms with van der Waals surface area (Å²) in [5, 5.41) is 1.00. The van der Waals surface area contributed by atoms with Gasteiger partial charge in [0.2, 0.25) is 9.81 Å². The van der Waals surface area contributed by atoms with Gasteiger partial charge < -0.3 is 18.2 Å². The quantitative estimate of drug-likeness (QED) is 0.235. The number of hydrogen-bond donors (Lipinski definition) is 0. The molecule has 0 aliphatic rings. The molecule has 0 unspecified atom stereocenters. The molecule has 0 amide bonds. The Bertz CT molecular complexity index is 277. The van der Waals surface area contributed by atoms with Crippen LogP contribution in [0, 0.1) is 9.81 Å². The summed E-state index contributed by atoms with van der Waals surface area (Å²) in [5.74, 6) is 0. The van der Waals surface area contributed by atoms with Gasteiger partial charge in [-0.1, -0.05) is 0 Å². The molecule has 13 heteroatoms. The fourth-order valence-corrected chi connectivity index (χ4v) is 0. The monoisotopic (exact) mass is 238 g/mol. The van der Waals surface area contributed by atoms with Gasteiger partial charge in [0, 0.05) is 20.8 Å². The first-order valence-corrected chi connectivity index (χ1v) is 4.37. The zero-order valence-corrected chi connectivity index (χ0v) is 6.98. The second-order valence-corrected chi connectivity index (χ2v) is 2.52. The van der Waals surface area contributed by atoms with Crippen LogP contribution in [-0.4, -0.2) is 35.0 Å². The van der Waals surface area contributed by atoms with Gasteiger partial charge in [-0.3, -0.25) is 16.8 Å². The minimum atomic E-state index is -5.17. The average molecular weight is 238 g/mol. The predicted octanol–water partition coefficient (Wildman–Crippen LogP) is -3.09. The molecule has 13 heavy (non-hydrogen) atoms. The molecular formula is NO10S2-3. The van der Waals surface area contributed by atoms with E-state index in [1.165, 1.54) is 0 Å². The molecule has 80 valence electrons. The van der Waals surface area contributed by atoms with E-state index in [2.05, 4.69) is 0 Å². The third-order valence-electron chi connectivity index (χ3n) is 0. The van der Waals surface area contributed by atoms with Crippen molar-refractivity contribution in [3.8, 4) is 0 Å². The van der Waals surface area contributed by atoms with Crippen LogP contribution in [0.5, 0.6) is 0 Å². The Kier molecular flexibility index (Phi) is 10.6. The summed E-state index contributed by atoms with van der Waals surface area (Å²) in [6, 6.07) is 0. The van der Waals surface area contributed by atoms with E-state index >= 15 is 0 Å². The molecule has 0 aromatic rings. The number of nitroso groups, excluding NO2 is 2. The summed E-state index contributed by atoms with van der Waals surface area (Å²) in [5.41, 5.74) is 0. The lowest BCUT2D eigenvalue weighted by Gasteiger charge is -2.06. The summed E-state index contributed by atoms with van der Waals surface area (Å²) in [6.07, 6.45) is 0. The summed E-state index contributed by atoms with van der Waals surface area (Å²) in [4.78, 5) is 16.0. The van der Waals surface area contributed by atoms with Crippen LogP contribution in [0.25, 0.3) is 0 Å². The van der Waals surface area contributed by atoms with Crippen LogP contribution in [0.4, 0.5) is 0 Å². The Balaban J connectivity index is -0.000000120. The highest BCUT2D eigenvalue weighted by Gasteiger charge is 1.50. The molecule has 11 nitrogen and oxygen atoms in total. The molecule has 0 saturated heterocycles. The maximum Gasteiger partial charge on any atom is 0.569 e. The van der Waals surface area contributed by atoms with Crippen molar-refractivity contribution in [1.82, 2.24) is 5.04 Å². The van der Waals surface area contributed by atoms with E-state index in [4.69, 9.17) is 44.9 Å². The molecule has 0 radical (unpaired) electrons. The van der Waals surface area contributed by atoms with E-state index in [0.717, 1.165) is 5.04 Å². The van der Waals surface area contributed by atoms with Crippen molar-refractivity contribution in [1.29, 1.82) is 0 Å². The van der Waals surface area contributed by atoms with E-state index in [0.29, 0.717) is 0 Å². The van der Waals surface area contributed by atoms with Crippen molar-refractivity contribution in [3.63, 3.8) is 0 Å². The van der Waals surface area contributed by atoms with Crippen molar-refractivity contribution < 1.29 is 35.0 Å². The highest BCUT2D eigenvalue weighted by atomic mass is 32.3. The Morgan fingerprint density at radius 1 is 0.692 bits per heavy atom. The molecule has 0 N–H and O–H groups in total. The lowest BCUT2D eigenvalue weighted by atomic mass is 13.6. The summed E-state index contributed by atoms with van der Waals surface area (Å²) in [7, 11) is -10.3. The summed E-state index contributed by atoms with van der Waals surface area (Å²) >= 11 is 0. The van der Waals surface area contributed by atoms with Crippen LogP contribution in [0.2, 0.25) is 0 Å². The second-order valence-electron chi connectivity index (χ2n) is 0.891. The zero-order valence-electron chi connectivity index (χ0n) is 5.35. The van der Waals surface area contributed by atoms with Crippen molar-refractivity contribution in [2.45, 2.75) is 0 Å². The Morgan fingerprint density at radius 3 is 0.692 bits per heavy atom. The van der Waals surface area contributed by atoms with Crippen LogP contribution in [0.15, 0.2) is 0 Å². The normalized spacial score (nSPS) is 9.54. The molecule has 0 saturated carbocycles. The fraction of sp³-hybridized carbons (Fsp3) is 0. The van der Waals surface area contributed by atoms with Crippen molar-refractivity contribution >= 4 is 20.8 Å². The van der Waals surface area contributed by atoms with Crippen molar-refractivity contribution in [3.05, 3.63) is 9.81 Å². The molecule has 0 atom stereocenters. The molecule has 0 spiro atoms. The zero-order chi connectivity index (χ0) is 11.7. The van der Waals surface area contributed by atoms with Gasteiger partial charge in [0.25, 0.3) is 0 Å². The highest BCUT2D eigenvalue weighted by Crippen LogP contribution is 1.58. The number of rotatable bonds is 0. The van der Waals surface area contributed by atoms with Crippen molar-refractivity contribution in [2.75, 3.05) is 0 Å². The molecule has 0 fully saturated rings. The van der Waals surface area contributed by atoms with Gasteiger partial charge in [-0.2, -0.15) is 0 Å². The van der Waals surface area contributed by atoms with Gasteiger partial charge in [-0.05, 0) is 0 Å². The molecule has 0 aliphatic carbocycles. The fourth-order valence-electron chi connectivity index (χ4n) is 0. The first-order valence-electron chi connectivity index (χ1n) is 1.70. The number of hydrogen-bond acceptors (Lipinski definition) is 10. The molecule has 0 aromatic carbocycles. The molecule has 0 aliphatic heterocycles. The minimum Gasteiger partial charge on any atom is -0.759 e. The Morgan fingerprint density at radius 2 is 0.692 bits per heavy atom. The van der Waals surface area contributed by atoms with Gasteiger partial charge in [-0.15, -0.1) is 0 Å². The van der Waals surface area contributed by atoms with Crippen LogP contribution in [0.3, 0.4) is 0 Å². The van der Waals surface area contributed by atoms with Gasteiger partial charge in [0.1, 0.15) is 0 Å². The molecular weight excluding hydrogens is 238 g/mol. The van der Waals surface area contributed by atoms with Crippen LogP contribution >= 0.6 is 0 Å². The first kappa shape index (κ1) is 18.0. The molecule has 0 rings (SSSR count). The largest absolute Gasteiger partial charge is 0.759 e. The van der Waals surface area contributed by atoms with Crippen LogP contribution in [0.1, 0.15) is 0 Å². The standard InChI is InChI=1S/NO2.2H2O4S/c2-1-3;2*1-5(2,3)4/h;2*(H2,1,2,3,4)/q+1;;/p-4. The third kappa shape index (κ3) is 1000. The maximum absolute atomic E-state index is 8.52. The summed E-state index contributed by atoms with van der Waals surface area (Å²) in [6.45, 7) is 0. The lowest BCUT2D eigenvalue weighted by Crippen LogP contribution is -1.91. The molecule has 0 heterocycles. The Labute approximate surface area is 71.5 Å². The maximum atomic E-state index is 8.52. The van der Waals surface area contributed by atoms with Crippen LogP contribution in [-0.2, 0) is 20.8 Å². The van der Waals surface area contributed by atoms with E-state index in [-0.39, 0.29) is 0 Å². The van der Waals surface area contributed by atoms with Gasteiger partial charge in [-0.25, -0.2) is 0 Å². The third-order valence-corrected chi connectivity index (χ3v) is 0. The van der Waals surface area contributed by atoms with Crippen molar-refractivity contribution in [2.24, 2.45) is 0 Å². The summed E-state index contributed by atoms with van der Waals surface area (Å²) < 4.78 is 68.2. The van der Waals surface area contributed by atoms with Gasteiger partial charge in [0.05, 0.1) is 0 Å². The Hall–Kier alpha value is -0.950. The first-order chi connectivity index (χ1) is 5.41. The second kappa shape index (κ2) is 7.69. The molecule has 0 aromatic heterocycles. The average Bonchev–Trinajstić information content (AvgIpc) is 1.52. The smallest absolute Gasteiger partial charge is 0.569 e. The highest BCUT2D eigenvalue weighted by molar-refractivity contribution is 7.79. The van der Waals surface area contributed by atoms with Gasteiger partial charge >= 0.3 is 5.04 Å². The van der Waals surface area contributed by atoms with E-state index in [1.807, 2.05) is 0 Å². The number of nitrogens with zero attached hydrogens (tertiary/aromatic N) is 1. The van der Waals surface area contributed by atoms with Gasteiger partial charge in [0.15, 0.2) is 0 Å². The van der Waals surface area contributed by atoms with E-state index < -0.39 is 20.8 Å². The predicted molar refractivity (Wildman–Crippen MR) is 29.8 cm³/mol. The SMILES string of the molecule is O=S(=O)([O-])[O-].O=S(=O)([O-])[O-].O=[N+]=O. The van der Waals surface area contributed by atoms with Crippen LogP contribution < -0.4 is 5.04 Å². The topological polar surface area (TPSA) is 209 Å². The van der Waals surface area contributed by atoms with E-state index in [1.54, 1.807) is 0 Å². The molecule has 0 bridgehead atoms.